The first-order valence-electron chi connectivity index (χ1n) is 9.39. The number of rotatable bonds is 5. The van der Waals surface area contributed by atoms with Crippen LogP contribution in [0, 0.1) is 0 Å². The molecule has 1 aliphatic rings. The summed E-state index contributed by atoms with van der Waals surface area (Å²) in [6, 6.07) is 22.3. The van der Waals surface area contributed by atoms with Gasteiger partial charge in [0.2, 0.25) is 0 Å². The molecule has 0 spiro atoms. The third-order valence-electron chi connectivity index (χ3n) is 4.83. The summed E-state index contributed by atoms with van der Waals surface area (Å²) in [6.07, 6.45) is 2.67. The van der Waals surface area contributed by atoms with Crippen molar-refractivity contribution in [3.8, 4) is 11.5 Å². The Bertz CT molecular complexity index is 1050. The van der Waals surface area contributed by atoms with Crippen molar-refractivity contribution in [3.63, 3.8) is 0 Å². The number of allylic oxidation sites excluding steroid dienone is 1. The summed E-state index contributed by atoms with van der Waals surface area (Å²) >= 11 is 1.77. The highest BCUT2D eigenvalue weighted by Crippen LogP contribution is 2.48. The molecule has 0 bridgehead atoms. The number of hydrogen-bond acceptors (Lipinski definition) is 3. The van der Waals surface area contributed by atoms with Gasteiger partial charge in [-0.25, -0.2) is 0 Å². The molecule has 28 heavy (non-hydrogen) atoms. The predicted molar refractivity (Wildman–Crippen MR) is 117 cm³/mol. The molecule has 1 aliphatic heterocycles. The maximum atomic E-state index is 9.76. The summed E-state index contributed by atoms with van der Waals surface area (Å²) in [5.74, 6) is 1.12. The van der Waals surface area contributed by atoms with Crippen molar-refractivity contribution >= 4 is 22.9 Å². The SMILES string of the molecule is C=CCOc1ccc2c(c1)Sc1ccccc1C(CC)=C2c1ccc(O)cc1. The zero-order chi connectivity index (χ0) is 19.5. The van der Waals surface area contributed by atoms with Crippen LogP contribution in [0.2, 0.25) is 0 Å². The molecule has 1 N–H and O–H groups in total. The topological polar surface area (TPSA) is 29.5 Å². The van der Waals surface area contributed by atoms with E-state index >= 15 is 0 Å². The van der Waals surface area contributed by atoms with E-state index < -0.39 is 0 Å². The van der Waals surface area contributed by atoms with E-state index in [2.05, 4.69) is 49.9 Å². The van der Waals surface area contributed by atoms with Gasteiger partial charge in [0.25, 0.3) is 0 Å². The molecular weight excluding hydrogens is 364 g/mol. The lowest BCUT2D eigenvalue weighted by Crippen LogP contribution is -1.97. The van der Waals surface area contributed by atoms with Gasteiger partial charge < -0.3 is 9.84 Å². The van der Waals surface area contributed by atoms with Crippen LogP contribution in [-0.2, 0) is 0 Å². The number of benzene rings is 3. The van der Waals surface area contributed by atoms with Crippen molar-refractivity contribution in [1.29, 1.82) is 0 Å². The van der Waals surface area contributed by atoms with E-state index in [4.69, 9.17) is 4.74 Å². The van der Waals surface area contributed by atoms with Crippen molar-refractivity contribution in [3.05, 3.63) is 96.1 Å². The molecule has 0 saturated carbocycles. The van der Waals surface area contributed by atoms with E-state index in [9.17, 15) is 5.11 Å². The van der Waals surface area contributed by atoms with Gasteiger partial charge in [-0.3, -0.25) is 0 Å². The molecule has 0 aliphatic carbocycles. The Hall–Kier alpha value is -2.91. The molecular formula is C25H22O2S. The molecule has 4 rings (SSSR count). The van der Waals surface area contributed by atoms with Crippen molar-refractivity contribution in [2.24, 2.45) is 0 Å². The highest BCUT2D eigenvalue weighted by molar-refractivity contribution is 7.99. The maximum Gasteiger partial charge on any atom is 0.120 e. The molecule has 2 nitrogen and oxygen atoms in total. The summed E-state index contributed by atoms with van der Waals surface area (Å²) in [7, 11) is 0. The summed E-state index contributed by atoms with van der Waals surface area (Å²) in [5.41, 5.74) is 6.09. The number of phenolic OH excluding ortho intramolecular Hbond substituents is 1. The van der Waals surface area contributed by atoms with Gasteiger partial charge in [-0.1, -0.05) is 61.7 Å². The first-order valence-corrected chi connectivity index (χ1v) is 10.2. The van der Waals surface area contributed by atoms with Gasteiger partial charge in [-0.2, -0.15) is 0 Å². The first kappa shape index (κ1) is 18.5. The third-order valence-corrected chi connectivity index (χ3v) is 5.97. The molecule has 0 amide bonds. The molecule has 0 radical (unpaired) electrons. The van der Waals surface area contributed by atoms with Gasteiger partial charge in [-0.15, -0.1) is 0 Å². The van der Waals surface area contributed by atoms with Crippen LogP contribution in [0.25, 0.3) is 11.1 Å². The fourth-order valence-electron chi connectivity index (χ4n) is 3.58. The summed E-state index contributed by atoms with van der Waals surface area (Å²) < 4.78 is 5.78. The zero-order valence-corrected chi connectivity index (χ0v) is 16.6. The number of ether oxygens (including phenoxy) is 1. The van der Waals surface area contributed by atoms with Crippen molar-refractivity contribution < 1.29 is 9.84 Å². The first-order chi connectivity index (χ1) is 13.7. The summed E-state index contributed by atoms with van der Waals surface area (Å²) in [6.45, 7) is 6.41. The van der Waals surface area contributed by atoms with Crippen molar-refractivity contribution in [2.45, 2.75) is 23.1 Å². The molecule has 1 heterocycles. The van der Waals surface area contributed by atoms with Gasteiger partial charge in [0.15, 0.2) is 0 Å². The van der Waals surface area contributed by atoms with E-state index in [1.165, 1.54) is 32.1 Å². The van der Waals surface area contributed by atoms with Crippen LogP contribution < -0.4 is 4.74 Å². The molecule has 0 atom stereocenters. The lowest BCUT2D eigenvalue weighted by atomic mass is 9.88. The second-order valence-electron chi connectivity index (χ2n) is 6.61. The Balaban J connectivity index is 1.98. The van der Waals surface area contributed by atoms with Gasteiger partial charge in [0.1, 0.15) is 18.1 Å². The minimum atomic E-state index is 0.277. The van der Waals surface area contributed by atoms with E-state index in [1.807, 2.05) is 18.2 Å². The lowest BCUT2D eigenvalue weighted by molar-refractivity contribution is 0.362. The van der Waals surface area contributed by atoms with E-state index in [0.717, 1.165) is 17.7 Å². The molecule has 140 valence electrons. The van der Waals surface area contributed by atoms with Gasteiger partial charge in [-0.05, 0) is 70.7 Å². The van der Waals surface area contributed by atoms with Gasteiger partial charge in [0, 0.05) is 9.79 Å². The molecule has 0 aromatic heterocycles. The van der Waals surface area contributed by atoms with Gasteiger partial charge in [0.05, 0.1) is 0 Å². The van der Waals surface area contributed by atoms with Crippen LogP contribution in [0.5, 0.6) is 11.5 Å². The Morgan fingerprint density at radius 2 is 1.75 bits per heavy atom. The summed E-state index contributed by atoms with van der Waals surface area (Å²) in [5, 5.41) is 9.76. The normalized spacial score (nSPS) is 12.8. The highest BCUT2D eigenvalue weighted by Gasteiger charge is 2.23. The Morgan fingerprint density at radius 1 is 0.964 bits per heavy atom. The molecule has 0 saturated heterocycles. The molecule has 0 unspecified atom stereocenters. The van der Waals surface area contributed by atoms with Crippen molar-refractivity contribution in [2.75, 3.05) is 6.61 Å². The van der Waals surface area contributed by atoms with E-state index in [0.29, 0.717) is 6.61 Å². The predicted octanol–water partition coefficient (Wildman–Crippen LogP) is 6.79. The fourth-order valence-corrected chi connectivity index (χ4v) is 4.72. The number of hydrogen-bond donors (Lipinski definition) is 1. The van der Waals surface area contributed by atoms with Crippen LogP contribution in [0.4, 0.5) is 0 Å². The van der Waals surface area contributed by atoms with Crippen molar-refractivity contribution in [1.82, 2.24) is 0 Å². The Labute approximate surface area is 170 Å². The number of fused-ring (bicyclic) bond motifs is 2. The van der Waals surface area contributed by atoms with Crippen LogP contribution in [0.3, 0.4) is 0 Å². The monoisotopic (exact) mass is 386 g/mol. The molecule has 3 aromatic rings. The third kappa shape index (κ3) is 3.46. The van der Waals surface area contributed by atoms with E-state index in [1.54, 1.807) is 30.0 Å². The second-order valence-corrected chi connectivity index (χ2v) is 7.69. The van der Waals surface area contributed by atoms with Gasteiger partial charge >= 0.3 is 0 Å². The number of aromatic hydroxyl groups is 1. The highest BCUT2D eigenvalue weighted by atomic mass is 32.2. The minimum Gasteiger partial charge on any atom is -0.508 e. The van der Waals surface area contributed by atoms with Crippen LogP contribution in [0.1, 0.15) is 30.0 Å². The lowest BCUT2D eigenvalue weighted by Gasteiger charge is -2.16. The average molecular weight is 387 g/mol. The molecule has 0 fully saturated rings. The Morgan fingerprint density at radius 3 is 2.50 bits per heavy atom. The second kappa shape index (κ2) is 7.99. The molecule has 3 heteroatoms. The minimum absolute atomic E-state index is 0.277. The van der Waals surface area contributed by atoms with Crippen LogP contribution >= 0.6 is 11.8 Å². The standard InChI is InChI=1S/C25H22O2S/c1-3-15-27-19-13-14-22-24(16-19)28-23-8-6-5-7-21(23)20(4-2)25(22)17-9-11-18(26)12-10-17/h3,5-14,16,26H,1,4,15H2,2H3. The largest absolute Gasteiger partial charge is 0.508 e. The van der Waals surface area contributed by atoms with Crippen LogP contribution in [0.15, 0.2) is 89.2 Å². The van der Waals surface area contributed by atoms with Crippen LogP contribution in [-0.4, -0.2) is 11.7 Å². The average Bonchev–Trinajstić information content (AvgIpc) is 2.86. The maximum absolute atomic E-state index is 9.76. The van der Waals surface area contributed by atoms with E-state index in [-0.39, 0.29) is 5.75 Å². The summed E-state index contributed by atoms with van der Waals surface area (Å²) in [4.78, 5) is 2.41. The smallest absolute Gasteiger partial charge is 0.120 e. The molecule has 3 aromatic carbocycles. The Kier molecular flexibility index (Phi) is 5.27. The number of phenols is 1. The fraction of sp³-hybridized carbons (Fsp3) is 0.120. The quantitative estimate of drug-likeness (QED) is 0.490. The zero-order valence-electron chi connectivity index (χ0n) is 15.8.